The monoisotopic (exact) mass is 223 g/mol. The minimum atomic E-state index is 0.291. The van der Waals surface area contributed by atoms with E-state index in [2.05, 4.69) is 4.98 Å². The molecular formula is C11H13NO2S. The molecule has 2 aliphatic rings. The Morgan fingerprint density at radius 2 is 2.33 bits per heavy atom. The molecule has 3 nitrogen and oxygen atoms in total. The van der Waals surface area contributed by atoms with Crippen molar-refractivity contribution in [2.24, 2.45) is 0 Å². The Hall–Kier alpha value is -0.740. The van der Waals surface area contributed by atoms with E-state index in [9.17, 15) is 4.79 Å². The van der Waals surface area contributed by atoms with Gasteiger partial charge in [0.25, 0.3) is 0 Å². The SMILES string of the molecule is O=C1CCCc2nc(C3CCOC3)sc21. The van der Waals surface area contributed by atoms with E-state index in [0.717, 1.165) is 48.1 Å². The van der Waals surface area contributed by atoms with E-state index >= 15 is 0 Å². The molecule has 2 heterocycles. The molecule has 1 aliphatic carbocycles. The fraction of sp³-hybridized carbons (Fsp3) is 0.636. The van der Waals surface area contributed by atoms with E-state index in [0.29, 0.717) is 18.1 Å². The number of nitrogens with zero attached hydrogens (tertiary/aromatic N) is 1. The predicted molar refractivity (Wildman–Crippen MR) is 57.6 cm³/mol. The smallest absolute Gasteiger partial charge is 0.174 e. The summed E-state index contributed by atoms with van der Waals surface area (Å²) in [6, 6.07) is 0. The lowest BCUT2D eigenvalue weighted by molar-refractivity contribution is 0.0976. The van der Waals surface area contributed by atoms with Crippen LogP contribution in [0.25, 0.3) is 0 Å². The summed E-state index contributed by atoms with van der Waals surface area (Å²) in [7, 11) is 0. The molecule has 80 valence electrons. The summed E-state index contributed by atoms with van der Waals surface area (Å²) in [5.41, 5.74) is 1.04. The van der Waals surface area contributed by atoms with E-state index in [1.165, 1.54) is 0 Å². The number of hydrogen-bond acceptors (Lipinski definition) is 4. The van der Waals surface area contributed by atoms with Crippen molar-refractivity contribution in [3.05, 3.63) is 15.6 Å². The van der Waals surface area contributed by atoms with Crippen LogP contribution >= 0.6 is 11.3 Å². The highest BCUT2D eigenvalue weighted by Gasteiger charge is 2.27. The fourth-order valence-electron chi connectivity index (χ4n) is 2.19. The molecule has 1 saturated heterocycles. The van der Waals surface area contributed by atoms with Gasteiger partial charge in [0.2, 0.25) is 0 Å². The second-order valence-corrected chi connectivity index (χ2v) is 5.20. The Balaban J connectivity index is 1.94. The van der Waals surface area contributed by atoms with Gasteiger partial charge >= 0.3 is 0 Å². The largest absolute Gasteiger partial charge is 0.381 e. The maximum atomic E-state index is 11.7. The molecule has 0 radical (unpaired) electrons. The molecule has 1 aromatic rings. The van der Waals surface area contributed by atoms with Crippen LogP contribution in [-0.2, 0) is 11.2 Å². The van der Waals surface area contributed by atoms with E-state index < -0.39 is 0 Å². The number of carbonyl (C=O) groups is 1. The number of carbonyl (C=O) groups excluding carboxylic acids is 1. The number of fused-ring (bicyclic) bond motifs is 1. The zero-order valence-corrected chi connectivity index (χ0v) is 9.31. The molecule has 3 rings (SSSR count). The van der Waals surface area contributed by atoms with Crippen molar-refractivity contribution in [3.63, 3.8) is 0 Å². The van der Waals surface area contributed by atoms with Crippen LogP contribution in [0.5, 0.6) is 0 Å². The van der Waals surface area contributed by atoms with E-state index in [4.69, 9.17) is 4.74 Å². The minimum Gasteiger partial charge on any atom is -0.381 e. The van der Waals surface area contributed by atoms with Gasteiger partial charge < -0.3 is 4.74 Å². The third kappa shape index (κ3) is 1.62. The van der Waals surface area contributed by atoms with Crippen LogP contribution in [-0.4, -0.2) is 24.0 Å². The number of hydrogen-bond donors (Lipinski definition) is 0. The van der Waals surface area contributed by atoms with Gasteiger partial charge in [0.05, 0.1) is 22.2 Å². The summed E-state index contributed by atoms with van der Waals surface area (Å²) in [6.45, 7) is 1.61. The molecule has 0 amide bonds. The number of ether oxygens (including phenoxy) is 1. The van der Waals surface area contributed by atoms with Gasteiger partial charge in [-0.1, -0.05) is 0 Å². The van der Waals surface area contributed by atoms with Crippen LogP contribution < -0.4 is 0 Å². The summed E-state index contributed by atoms with van der Waals surface area (Å²) in [6.07, 6.45) is 3.71. The quantitative estimate of drug-likeness (QED) is 0.732. The number of rotatable bonds is 1. The highest BCUT2D eigenvalue weighted by molar-refractivity contribution is 7.14. The third-order valence-electron chi connectivity index (χ3n) is 3.06. The normalized spacial score (nSPS) is 25.6. The van der Waals surface area contributed by atoms with Gasteiger partial charge in [-0.05, 0) is 19.3 Å². The molecular weight excluding hydrogens is 210 g/mol. The first-order chi connectivity index (χ1) is 7.34. The molecule has 4 heteroatoms. The van der Waals surface area contributed by atoms with E-state index in [1.807, 2.05) is 0 Å². The maximum Gasteiger partial charge on any atom is 0.174 e. The van der Waals surface area contributed by atoms with Gasteiger partial charge in [-0.2, -0.15) is 0 Å². The summed E-state index contributed by atoms with van der Waals surface area (Å²) in [5, 5.41) is 1.12. The molecule has 0 aromatic carbocycles. The van der Waals surface area contributed by atoms with Crippen molar-refractivity contribution in [1.82, 2.24) is 4.98 Å². The molecule has 1 unspecified atom stereocenters. The summed E-state index contributed by atoms with van der Waals surface area (Å²) < 4.78 is 5.35. The second kappa shape index (κ2) is 3.68. The number of aryl methyl sites for hydroxylation is 1. The van der Waals surface area contributed by atoms with Crippen LogP contribution in [0.2, 0.25) is 0 Å². The van der Waals surface area contributed by atoms with Crippen molar-refractivity contribution >= 4 is 17.1 Å². The van der Waals surface area contributed by atoms with Gasteiger partial charge in [-0.3, -0.25) is 4.79 Å². The van der Waals surface area contributed by atoms with Gasteiger partial charge in [0, 0.05) is 18.9 Å². The lowest BCUT2D eigenvalue weighted by Crippen LogP contribution is -2.07. The Labute approximate surface area is 92.5 Å². The van der Waals surface area contributed by atoms with Crippen molar-refractivity contribution in [2.45, 2.75) is 31.6 Å². The first-order valence-electron chi connectivity index (χ1n) is 5.45. The highest BCUT2D eigenvalue weighted by Crippen LogP contribution is 2.33. The number of aromatic nitrogens is 1. The van der Waals surface area contributed by atoms with Crippen LogP contribution in [0.1, 0.15) is 45.6 Å². The van der Waals surface area contributed by atoms with Crippen molar-refractivity contribution in [3.8, 4) is 0 Å². The number of thiazole rings is 1. The van der Waals surface area contributed by atoms with Gasteiger partial charge in [-0.15, -0.1) is 11.3 Å². The average molecular weight is 223 g/mol. The van der Waals surface area contributed by atoms with Crippen molar-refractivity contribution < 1.29 is 9.53 Å². The number of Topliss-reactive ketones (excluding diaryl/α,β-unsaturated/α-hetero) is 1. The zero-order valence-electron chi connectivity index (χ0n) is 8.49. The third-order valence-corrected chi connectivity index (χ3v) is 4.36. The molecule has 0 N–H and O–H groups in total. The van der Waals surface area contributed by atoms with Crippen molar-refractivity contribution in [1.29, 1.82) is 0 Å². The lowest BCUT2D eigenvalue weighted by Gasteiger charge is -2.06. The molecule has 0 spiro atoms. The van der Waals surface area contributed by atoms with Crippen LogP contribution in [0.15, 0.2) is 0 Å². The fourth-order valence-corrected chi connectivity index (χ4v) is 3.39. The Morgan fingerprint density at radius 3 is 3.07 bits per heavy atom. The van der Waals surface area contributed by atoms with Crippen LogP contribution in [0.3, 0.4) is 0 Å². The zero-order chi connectivity index (χ0) is 10.3. The average Bonchev–Trinajstić information content (AvgIpc) is 2.86. The first kappa shape index (κ1) is 9.48. The molecule has 0 saturated carbocycles. The van der Waals surface area contributed by atoms with Crippen LogP contribution in [0.4, 0.5) is 0 Å². The molecule has 0 bridgehead atoms. The van der Waals surface area contributed by atoms with E-state index in [1.54, 1.807) is 11.3 Å². The Morgan fingerprint density at radius 1 is 1.40 bits per heavy atom. The number of ketones is 1. The molecule has 1 aliphatic heterocycles. The van der Waals surface area contributed by atoms with Gasteiger partial charge in [-0.25, -0.2) is 4.98 Å². The first-order valence-corrected chi connectivity index (χ1v) is 6.27. The molecule has 1 aromatic heterocycles. The second-order valence-electron chi connectivity index (χ2n) is 4.17. The lowest BCUT2D eigenvalue weighted by atomic mass is 10.0. The maximum absolute atomic E-state index is 11.7. The summed E-state index contributed by atoms with van der Waals surface area (Å²) in [4.78, 5) is 17.2. The standard InChI is InChI=1S/C11H13NO2S/c13-9-3-1-2-8-10(9)15-11(12-8)7-4-5-14-6-7/h7H,1-6H2. The Kier molecular flexibility index (Phi) is 2.33. The minimum absolute atomic E-state index is 0.291. The topological polar surface area (TPSA) is 39.2 Å². The van der Waals surface area contributed by atoms with Gasteiger partial charge in [0.1, 0.15) is 0 Å². The summed E-state index contributed by atoms with van der Waals surface area (Å²) >= 11 is 1.60. The highest BCUT2D eigenvalue weighted by atomic mass is 32.1. The predicted octanol–water partition coefficient (Wildman–Crippen LogP) is 2.17. The summed E-state index contributed by atoms with van der Waals surface area (Å²) in [5.74, 6) is 0.729. The molecule has 1 atom stereocenters. The van der Waals surface area contributed by atoms with Crippen LogP contribution in [0, 0.1) is 0 Å². The Bertz CT molecular complexity index is 393. The van der Waals surface area contributed by atoms with Gasteiger partial charge in [0.15, 0.2) is 5.78 Å². The van der Waals surface area contributed by atoms with E-state index in [-0.39, 0.29) is 0 Å². The molecule has 15 heavy (non-hydrogen) atoms. The van der Waals surface area contributed by atoms with Crippen molar-refractivity contribution in [2.75, 3.05) is 13.2 Å². The molecule has 1 fully saturated rings.